The van der Waals surface area contributed by atoms with Crippen LogP contribution in [0.1, 0.15) is 50.7 Å². The van der Waals surface area contributed by atoms with Gasteiger partial charge in [-0.3, -0.25) is 0 Å². The van der Waals surface area contributed by atoms with Gasteiger partial charge < -0.3 is 4.42 Å². The van der Waals surface area contributed by atoms with Crippen LogP contribution >= 0.6 is 0 Å². The van der Waals surface area contributed by atoms with Crippen molar-refractivity contribution in [1.29, 1.82) is 0 Å². The normalized spacial score (nSPS) is 12.1. The van der Waals surface area contributed by atoms with Gasteiger partial charge in [0.25, 0.3) is 0 Å². The number of fused-ring (bicyclic) bond motifs is 3. The van der Waals surface area contributed by atoms with Crippen molar-refractivity contribution in [3.63, 3.8) is 0 Å². The van der Waals surface area contributed by atoms with Gasteiger partial charge in [-0.2, -0.15) is 0 Å². The lowest BCUT2D eigenvalue weighted by Gasteiger charge is -2.12. The molecule has 19 heavy (non-hydrogen) atoms. The molecule has 0 N–H and O–H groups in total. The maximum Gasteiger partial charge on any atom is 0.135 e. The second-order valence-corrected chi connectivity index (χ2v) is 5.89. The second-order valence-electron chi connectivity index (χ2n) is 5.89. The van der Waals surface area contributed by atoms with Gasteiger partial charge in [0, 0.05) is 10.8 Å². The standard InChI is InChI=1S/C18H20O/c1-11(2)13-9-15(12(3)4)18-14-7-5-6-8-16(14)19-17(18)10-13/h5-12H,1-4H3. The van der Waals surface area contributed by atoms with Crippen molar-refractivity contribution >= 4 is 21.9 Å². The Morgan fingerprint density at radius 1 is 0.842 bits per heavy atom. The van der Waals surface area contributed by atoms with E-state index in [1.54, 1.807) is 0 Å². The molecule has 2 aromatic carbocycles. The molecule has 0 saturated carbocycles. The Morgan fingerprint density at radius 3 is 2.26 bits per heavy atom. The molecular weight excluding hydrogens is 232 g/mol. The number of benzene rings is 2. The number of hydrogen-bond acceptors (Lipinski definition) is 1. The monoisotopic (exact) mass is 252 g/mol. The summed E-state index contributed by atoms with van der Waals surface area (Å²) in [5, 5.41) is 2.52. The highest BCUT2D eigenvalue weighted by atomic mass is 16.3. The first-order chi connectivity index (χ1) is 9.08. The van der Waals surface area contributed by atoms with Gasteiger partial charge in [0.1, 0.15) is 11.2 Å². The zero-order valence-electron chi connectivity index (χ0n) is 12.0. The second kappa shape index (κ2) is 4.41. The van der Waals surface area contributed by atoms with Crippen LogP contribution in [0.3, 0.4) is 0 Å². The molecule has 0 aliphatic carbocycles. The van der Waals surface area contributed by atoms with Crippen LogP contribution in [-0.4, -0.2) is 0 Å². The highest BCUT2D eigenvalue weighted by molar-refractivity contribution is 6.07. The molecule has 0 unspecified atom stereocenters. The third-order valence-corrected chi connectivity index (χ3v) is 3.82. The molecule has 98 valence electrons. The van der Waals surface area contributed by atoms with Crippen LogP contribution in [0.25, 0.3) is 21.9 Å². The van der Waals surface area contributed by atoms with E-state index in [0.717, 1.165) is 11.2 Å². The Bertz CT molecular complexity index is 732. The lowest BCUT2D eigenvalue weighted by Crippen LogP contribution is -1.94. The Kier molecular flexibility index (Phi) is 2.85. The van der Waals surface area contributed by atoms with Gasteiger partial charge in [0.2, 0.25) is 0 Å². The molecule has 0 bridgehead atoms. The summed E-state index contributed by atoms with van der Waals surface area (Å²) in [6.07, 6.45) is 0. The van der Waals surface area contributed by atoms with E-state index >= 15 is 0 Å². The molecule has 0 fully saturated rings. The summed E-state index contributed by atoms with van der Waals surface area (Å²) in [6, 6.07) is 12.9. The number of hydrogen-bond donors (Lipinski definition) is 0. The first kappa shape index (κ1) is 12.3. The molecule has 0 amide bonds. The minimum atomic E-state index is 0.502. The lowest BCUT2D eigenvalue weighted by molar-refractivity contribution is 0.666. The van der Waals surface area contributed by atoms with Crippen molar-refractivity contribution in [3.8, 4) is 0 Å². The van der Waals surface area contributed by atoms with Crippen LogP contribution in [0.15, 0.2) is 40.8 Å². The molecule has 3 aromatic rings. The Hall–Kier alpha value is -1.76. The lowest BCUT2D eigenvalue weighted by atomic mass is 9.92. The van der Waals surface area contributed by atoms with Crippen molar-refractivity contribution in [3.05, 3.63) is 47.5 Å². The average Bonchev–Trinajstić information content (AvgIpc) is 2.75. The van der Waals surface area contributed by atoms with E-state index in [2.05, 4.69) is 58.0 Å². The summed E-state index contributed by atoms with van der Waals surface area (Å²) >= 11 is 0. The fourth-order valence-electron chi connectivity index (χ4n) is 2.70. The van der Waals surface area contributed by atoms with Gasteiger partial charge in [-0.25, -0.2) is 0 Å². The molecule has 1 heterocycles. The molecule has 0 spiro atoms. The molecule has 0 radical (unpaired) electrons. The van der Waals surface area contributed by atoms with E-state index in [-0.39, 0.29) is 0 Å². The van der Waals surface area contributed by atoms with Gasteiger partial charge in [-0.05, 0) is 35.1 Å². The number of furan rings is 1. The predicted octanol–water partition coefficient (Wildman–Crippen LogP) is 5.83. The highest BCUT2D eigenvalue weighted by Crippen LogP contribution is 2.36. The van der Waals surface area contributed by atoms with Gasteiger partial charge in [-0.1, -0.05) is 52.0 Å². The van der Waals surface area contributed by atoms with E-state index in [4.69, 9.17) is 4.42 Å². The van der Waals surface area contributed by atoms with Gasteiger partial charge in [0.05, 0.1) is 0 Å². The van der Waals surface area contributed by atoms with Gasteiger partial charge in [-0.15, -0.1) is 0 Å². The summed E-state index contributed by atoms with van der Waals surface area (Å²) in [7, 11) is 0. The molecule has 1 nitrogen and oxygen atoms in total. The zero-order chi connectivity index (χ0) is 13.6. The minimum Gasteiger partial charge on any atom is -0.456 e. The van der Waals surface area contributed by atoms with Crippen molar-refractivity contribution < 1.29 is 4.42 Å². The summed E-state index contributed by atoms with van der Waals surface area (Å²) in [5.41, 5.74) is 4.76. The number of para-hydroxylation sites is 1. The maximum atomic E-state index is 6.03. The fraction of sp³-hybridized carbons (Fsp3) is 0.333. The molecule has 1 aromatic heterocycles. The van der Waals surface area contributed by atoms with E-state index in [9.17, 15) is 0 Å². The van der Waals surface area contributed by atoms with Crippen molar-refractivity contribution in [2.75, 3.05) is 0 Å². The third kappa shape index (κ3) is 1.94. The van der Waals surface area contributed by atoms with Crippen molar-refractivity contribution in [1.82, 2.24) is 0 Å². The average molecular weight is 252 g/mol. The minimum absolute atomic E-state index is 0.502. The summed E-state index contributed by atoms with van der Waals surface area (Å²) in [4.78, 5) is 0. The van der Waals surface area contributed by atoms with Crippen LogP contribution in [0, 0.1) is 0 Å². The van der Waals surface area contributed by atoms with Crippen LogP contribution in [0.4, 0.5) is 0 Å². The summed E-state index contributed by atoms with van der Waals surface area (Å²) in [6.45, 7) is 8.96. The third-order valence-electron chi connectivity index (χ3n) is 3.82. The first-order valence-electron chi connectivity index (χ1n) is 7.03. The topological polar surface area (TPSA) is 13.1 Å². The van der Waals surface area contributed by atoms with Crippen LogP contribution in [0.5, 0.6) is 0 Å². The molecule has 0 aliphatic heterocycles. The highest BCUT2D eigenvalue weighted by Gasteiger charge is 2.15. The van der Waals surface area contributed by atoms with Crippen molar-refractivity contribution in [2.24, 2.45) is 0 Å². The Morgan fingerprint density at radius 2 is 1.58 bits per heavy atom. The first-order valence-corrected chi connectivity index (χ1v) is 7.03. The van der Waals surface area contributed by atoms with Crippen LogP contribution in [-0.2, 0) is 0 Å². The Labute approximate surface area is 114 Å². The van der Waals surface area contributed by atoms with E-state index in [1.165, 1.54) is 21.9 Å². The molecule has 1 heteroatoms. The maximum absolute atomic E-state index is 6.03. The molecule has 3 rings (SSSR count). The van der Waals surface area contributed by atoms with Crippen LogP contribution < -0.4 is 0 Å². The fourth-order valence-corrected chi connectivity index (χ4v) is 2.70. The van der Waals surface area contributed by atoms with E-state index in [0.29, 0.717) is 11.8 Å². The number of rotatable bonds is 2. The van der Waals surface area contributed by atoms with E-state index < -0.39 is 0 Å². The zero-order valence-corrected chi connectivity index (χ0v) is 12.0. The van der Waals surface area contributed by atoms with Gasteiger partial charge >= 0.3 is 0 Å². The van der Waals surface area contributed by atoms with Gasteiger partial charge in [0.15, 0.2) is 0 Å². The quantitative estimate of drug-likeness (QED) is 0.559. The smallest absolute Gasteiger partial charge is 0.135 e. The largest absolute Gasteiger partial charge is 0.456 e. The van der Waals surface area contributed by atoms with Crippen molar-refractivity contribution in [2.45, 2.75) is 39.5 Å². The SMILES string of the molecule is CC(C)c1cc(C(C)C)c2c(c1)oc1ccccc12. The summed E-state index contributed by atoms with van der Waals surface area (Å²) < 4.78 is 6.03. The molecule has 0 saturated heterocycles. The molecular formula is C18H20O. The molecule has 0 atom stereocenters. The van der Waals surface area contributed by atoms with Crippen LogP contribution in [0.2, 0.25) is 0 Å². The summed E-state index contributed by atoms with van der Waals surface area (Å²) in [5.74, 6) is 1.03. The molecule has 0 aliphatic rings. The Balaban J connectivity index is 2.45. The van der Waals surface area contributed by atoms with E-state index in [1.807, 2.05) is 6.07 Å². The predicted molar refractivity (Wildman–Crippen MR) is 81.9 cm³/mol.